The summed E-state index contributed by atoms with van der Waals surface area (Å²) in [5, 5.41) is 6.26. The first-order valence-corrected chi connectivity index (χ1v) is 11.4. The lowest BCUT2D eigenvalue weighted by Gasteiger charge is -2.18. The summed E-state index contributed by atoms with van der Waals surface area (Å²) in [5.74, 6) is -0.344. The molecule has 3 aromatic rings. The fourth-order valence-corrected chi connectivity index (χ4v) is 3.40. The van der Waals surface area contributed by atoms with E-state index in [9.17, 15) is 18.0 Å². The maximum atomic E-state index is 13.7. The lowest BCUT2D eigenvalue weighted by Crippen LogP contribution is -2.21. The van der Waals surface area contributed by atoms with Crippen LogP contribution in [-0.2, 0) is 13.0 Å². The van der Waals surface area contributed by atoms with E-state index in [0.29, 0.717) is 30.5 Å². The van der Waals surface area contributed by atoms with Crippen molar-refractivity contribution in [2.75, 3.05) is 32.0 Å². The third-order valence-corrected chi connectivity index (χ3v) is 4.92. The van der Waals surface area contributed by atoms with Crippen LogP contribution in [0.3, 0.4) is 0 Å². The van der Waals surface area contributed by atoms with Gasteiger partial charge in [0, 0.05) is 30.6 Å². The van der Waals surface area contributed by atoms with E-state index in [0.717, 1.165) is 29.4 Å². The maximum absolute atomic E-state index is 13.7. The monoisotopic (exact) mass is 492 g/mol. The summed E-state index contributed by atoms with van der Waals surface area (Å²) >= 11 is 0. The molecule has 35 heavy (non-hydrogen) atoms. The van der Waals surface area contributed by atoms with Crippen LogP contribution in [0.5, 0.6) is 5.75 Å². The predicted molar refractivity (Wildman–Crippen MR) is 137 cm³/mol. The first-order chi connectivity index (χ1) is 16.8. The van der Waals surface area contributed by atoms with Crippen LogP contribution in [-0.4, -0.2) is 30.9 Å². The zero-order valence-electron chi connectivity index (χ0n) is 21.4. The fraction of sp³-hybridized carbons (Fsp3) is 0.385. The van der Waals surface area contributed by atoms with Crippen molar-refractivity contribution >= 4 is 17.3 Å². The van der Waals surface area contributed by atoms with Gasteiger partial charge in [0.25, 0.3) is 5.56 Å². The van der Waals surface area contributed by atoms with Crippen molar-refractivity contribution in [2.24, 2.45) is 0 Å². The lowest BCUT2D eigenvalue weighted by molar-refractivity contribution is 0.416. The Balaban J connectivity index is 0.00000145. The lowest BCUT2D eigenvalue weighted by atomic mass is 10.1. The number of rotatable bonds is 8. The Kier molecular flexibility index (Phi) is 12.4. The van der Waals surface area contributed by atoms with Crippen LogP contribution in [0.15, 0.2) is 41.3 Å². The number of nitrogens with one attached hydrogen (secondary N) is 2. The summed E-state index contributed by atoms with van der Waals surface area (Å²) in [7, 11) is 3.87. The fourth-order valence-electron chi connectivity index (χ4n) is 3.40. The number of hydrogen-bond acceptors (Lipinski definition) is 5. The van der Waals surface area contributed by atoms with Gasteiger partial charge in [-0.25, -0.2) is 8.78 Å². The van der Waals surface area contributed by atoms with Gasteiger partial charge in [0.05, 0.1) is 26.5 Å². The highest BCUT2D eigenvalue weighted by molar-refractivity contribution is 5.70. The quantitative estimate of drug-likeness (QED) is 0.390. The molecule has 1 heterocycles. The largest absolute Gasteiger partial charge is 0.495 e. The number of ether oxygens (including phenoxy) is 1. The molecule has 0 aliphatic heterocycles. The van der Waals surface area contributed by atoms with Crippen molar-refractivity contribution in [3.63, 3.8) is 0 Å². The second kappa shape index (κ2) is 14.7. The SMILES string of the molecule is CC.CCCc1cn(Cc2cc(F)cc(F)c2)c(Nc2cc(NC)c(OC)cc2C)nc1=O.CF. The first-order valence-electron chi connectivity index (χ1n) is 11.4. The maximum Gasteiger partial charge on any atom is 0.277 e. The molecule has 0 unspecified atom stereocenters. The zero-order chi connectivity index (χ0) is 26.5. The third kappa shape index (κ3) is 8.05. The summed E-state index contributed by atoms with van der Waals surface area (Å²) in [6.45, 7) is 8.02. The molecule has 0 radical (unpaired) electrons. The smallest absolute Gasteiger partial charge is 0.277 e. The molecule has 0 saturated heterocycles. The number of anilines is 3. The summed E-state index contributed by atoms with van der Waals surface area (Å²) in [5.41, 5.74) is 3.01. The molecule has 192 valence electrons. The van der Waals surface area contributed by atoms with E-state index in [2.05, 4.69) is 15.6 Å². The molecule has 1 aromatic heterocycles. The van der Waals surface area contributed by atoms with E-state index in [-0.39, 0.29) is 18.1 Å². The van der Waals surface area contributed by atoms with Gasteiger partial charge < -0.3 is 19.9 Å². The van der Waals surface area contributed by atoms with Gasteiger partial charge in [-0.3, -0.25) is 9.18 Å². The van der Waals surface area contributed by atoms with Crippen LogP contribution in [0.25, 0.3) is 0 Å². The number of benzene rings is 2. The van der Waals surface area contributed by atoms with Crippen molar-refractivity contribution in [1.82, 2.24) is 9.55 Å². The molecule has 3 rings (SSSR count). The average molecular weight is 493 g/mol. The molecule has 0 bridgehead atoms. The highest BCUT2D eigenvalue weighted by Crippen LogP contribution is 2.32. The minimum Gasteiger partial charge on any atom is -0.495 e. The number of hydrogen-bond donors (Lipinski definition) is 2. The Labute approximate surface area is 205 Å². The molecule has 0 aliphatic carbocycles. The summed E-state index contributed by atoms with van der Waals surface area (Å²) in [6, 6.07) is 7.08. The van der Waals surface area contributed by atoms with Gasteiger partial charge in [0.15, 0.2) is 0 Å². The second-order valence-electron chi connectivity index (χ2n) is 7.29. The Bertz CT molecular complexity index is 1130. The Morgan fingerprint density at radius 1 is 1.03 bits per heavy atom. The molecule has 0 atom stereocenters. The highest BCUT2D eigenvalue weighted by Gasteiger charge is 2.13. The van der Waals surface area contributed by atoms with Crippen molar-refractivity contribution in [2.45, 2.75) is 47.1 Å². The molecular formula is C26H35F3N4O2. The number of halogens is 3. The topological polar surface area (TPSA) is 68.2 Å². The molecule has 9 heteroatoms. The molecule has 0 spiro atoms. The summed E-state index contributed by atoms with van der Waals surface area (Å²) in [4.78, 5) is 16.7. The van der Waals surface area contributed by atoms with Crippen LogP contribution in [0.4, 0.5) is 30.5 Å². The molecule has 6 nitrogen and oxygen atoms in total. The number of methoxy groups -OCH3 is 1. The van der Waals surface area contributed by atoms with Gasteiger partial charge >= 0.3 is 0 Å². The number of aryl methyl sites for hydroxylation is 2. The zero-order valence-corrected chi connectivity index (χ0v) is 21.4. The molecule has 2 aromatic carbocycles. The van der Waals surface area contributed by atoms with Crippen molar-refractivity contribution in [1.29, 1.82) is 0 Å². The summed E-state index contributed by atoms with van der Waals surface area (Å²) in [6.07, 6.45) is 3.04. The highest BCUT2D eigenvalue weighted by atomic mass is 19.1. The first kappa shape index (κ1) is 29.5. The molecule has 0 amide bonds. The van der Waals surface area contributed by atoms with E-state index in [1.807, 2.05) is 39.8 Å². The van der Waals surface area contributed by atoms with E-state index >= 15 is 0 Å². The van der Waals surface area contributed by atoms with E-state index in [1.54, 1.807) is 24.9 Å². The van der Waals surface area contributed by atoms with Gasteiger partial charge in [0.2, 0.25) is 5.95 Å². The van der Waals surface area contributed by atoms with Crippen LogP contribution in [0, 0.1) is 18.6 Å². The molecular weight excluding hydrogens is 457 g/mol. The minimum atomic E-state index is -0.656. The summed E-state index contributed by atoms with van der Waals surface area (Å²) < 4.78 is 44.0. The molecule has 0 saturated carbocycles. The van der Waals surface area contributed by atoms with Crippen LogP contribution >= 0.6 is 0 Å². The van der Waals surface area contributed by atoms with Gasteiger partial charge in [-0.2, -0.15) is 4.98 Å². The average Bonchev–Trinajstić information content (AvgIpc) is 2.84. The molecule has 0 fully saturated rings. The number of aromatic nitrogens is 2. The van der Waals surface area contributed by atoms with Crippen LogP contribution in [0.2, 0.25) is 0 Å². The van der Waals surface area contributed by atoms with Gasteiger partial charge in [0.1, 0.15) is 17.4 Å². The van der Waals surface area contributed by atoms with Crippen molar-refractivity contribution in [3.05, 3.63) is 75.2 Å². The van der Waals surface area contributed by atoms with E-state index < -0.39 is 11.6 Å². The van der Waals surface area contributed by atoms with Crippen LogP contribution < -0.4 is 20.9 Å². The van der Waals surface area contributed by atoms with Crippen molar-refractivity contribution in [3.8, 4) is 5.75 Å². The van der Waals surface area contributed by atoms with Crippen LogP contribution in [0.1, 0.15) is 43.9 Å². The molecule has 2 N–H and O–H groups in total. The standard InChI is InChI=1S/C23H26F2N4O2.C2H6.CH3F/c1-5-6-16-13-29(12-15-8-17(24)10-18(25)9-15)23(28-22(16)30)27-19-11-20(26-3)21(31-4)7-14(19)2;2*1-2/h7-11,13,26H,5-6,12H2,1-4H3,(H,27,28,30);1-2H3;1H3. The number of nitrogens with zero attached hydrogens (tertiary/aromatic N) is 2. The third-order valence-electron chi connectivity index (χ3n) is 4.92. The van der Waals surface area contributed by atoms with Crippen molar-refractivity contribution < 1.29 is 17.9 Å². The predicted octanol–water partition coefficient (Wildman–Crippen LogP) is 6.24. The Morgan fingerprint density at radius 2 is 1.66 bits per heavy atom. The van der Waals surface area contributed by atoms with E-state index in [1.165, 1.54) is 12.1 Å². The van der Waals surface area contributed by atoms with Gasteiger partial charge in [-0.05, 0) is 48.7 Å². The number of alkyl halides is 1. The molecule has 0 aliphatic rings. The minimum absolute atomic E-state index is 0.148. The van der Waals surface area contributed by atoms with E-state index in [4.69, 9.17) is 4.74 Å². The van der Waals surface area contributed by atoms with Gasteiger partial charge in [-0.1, -0.05) is 27.2 Å². The Hall–Kier alpha value is -3.49. The Morgan fingerprint density at radius 3 is 2.20 bits per heavy atom. The van der Waals surface area contributed by atoms with Gasteiger partial charge in [-0.15, -0.1) is 0 Å². The normalized spacial score (nSPS) is 9.89. The second-order valence-corrected chi connectivity index (χ2v) is 7.29.